The van der Waals surface area contributed by atoms with Crippen LogP contribution in [0.4, 0.5) is 0 Å². The lowest BCUT2D eigenvalue weighted by molar-refractivity contribution is 0.0942. The van der Waals surface area contributed by atoms with E-state index in [0.29, 0.717) is 18.0 Å². The molecule has 3 aromatic rings. The summed E-state index contributed by atoms with van der Waals surface area (Å²) in [6.07, 6.45) is 2.60. The topological polar surface area (TPSA) is 94.2 Å². The number of aryl methyl sites for hydroxylation is 1. The van der Waals surface area contributed by atoms with Crippen LogP contribution >= 0.6 is 0 Å². The van der Waals surface area contributed by atoms with E-state index in [1.165, 1.54) is 16.8 Å². The van der Waals surface area contributed by atoms with E-state index in [-0.39, 0.29) is 23.7 Å². The number of amides is 1. The fraction of sp³-hybridized carbons (Fsp3) is 0.267. The maximum atomic E-state index is 12.2. The summed E-state index contributed by atoms with van der Waals surface area (Å²) in [7, 11) is 0. The number of aromatic nitrogens is 5. The maximum Gasteiger partial charge on any atom is 0.272 e. The van der Waals surface area contributed by atoms with E-state index in [2.05, 4.69) is 20.6 Å². The van der Waals surface area contributed by atoms with Gasteiger partial charge in [0.2, 0.25) is 0 Å². The summed E-state index contributed by atoms with van der Waals surface area (Å²) in [5, 5.41) is 14.9. The first kappa shape index (κ1) is 14.9. The Morgan fingerprint density at radius 2 is 2.09 bits per heavy atom. The number of pyridine rings is 1. The minimum absolute atomic E-state index is 0.201. The summed E-state index contributed by atoms with van der Waals surface area (Å²) in [6, 6.07) is 8.34. The predicted molar refractivity (Wildman–Crippen MR) is 82.9 cm³/mol. The first-order valence-corrected chi connectivity index (χ1v) is 7.34. The van der Waals surface area contributed by atoms with Crippen LogP contribution in [0.25, 0.3) is 5.65 Å². The van der Waals surface area contributed by atoms with Gasteiger partial charge in [0.15, 0.2) is 11.5 Å². The van der Waals surface area contributed by atoms with E-state index in [4.69, 9.17) is 0 Å². The normalized spacial score (nSPS) is 10.8. The van der Waals surface area contributed by atoms with Crippen LogP contribution in [0.3, 0.4) is 0 Å². The van der Waals surface area contributed by atoms with E-state index in [1.807, 2.05) is 31.3 Å². The summed E-state index contributed by atoms with van der Waals surface area (Å²) >= 11 is 0. The predicted octanol–water partition coefficient (Wildman–Crippen LogP) is 0.626. The Balaban J connectivity index is 1.74. The lowest BCUT2D eigenvalue weighted by Gasteiger charge is -2.06. The first-order chi connectivity index (χ1) is 11.2. The van der Waals surface area contributed by atoms with Crippen molar-refractivity contribution in [3.63, 3.8) is 0 Å². The lowest BCUT2D eigenvalue weighted by atomic mass is 10.3. The van der Waals surface area contributed by atoms with Crippen molar-refractivity contribution in [1.82, 2.24) is 29.7 Å². The van der Waals surface area contributed by atoms with Crippen LogP contribution in [0.1, 0.15) is 29.7 Å². The third-order valence-electron chi connectivity index (χ3n) is 3.33. The molecule has 0 unspecified atom stereocenters. The van der Waals surface area contributed by atoms with Crippen molar-refractivity contribution < 1.29 is 4.79 Å². The fourth-order valence-corrected chi connectivity index (χ4v) is 2.20. The second-order valence-electron chi connectivity index (χ2n) is 5.01. The van der Waals surface area contributed by atoms with Gasteiger partial charge in [-0.25, -0.2) is 4.68 Å². The molecule has 3 rings (SSSR count). The minimum atomic E-state index is -0.359. The van der Waals surface area contributed by atoms with Crippen LogP contribution in [0, 0.1) is 0 Å². The molecule has 0 aliphatic carbocycles. The SMILES string of the molecule is CCCn1nc(C(=O)NCc2nnc3ccccn23)ccc1=O. The number of fused-ring (bicyclic) bond motifs is 1. The number of nitrogens with one attached hydrogen (secondary N) is 1. The van der Waals surface area contributed by atoms with Crippen LogP contribution in [0.2, 0.25) is 0 Å². The Labute approximate surface area is 131 Å². The van der Waals surface area contributed by atoms with Gasteiger partial charge in [-0.05, 0) is 24.6 Å². The monoisotopic (exact) mass is 312 g/mol. The van der Waals surface area contributed by atoms with Gasteiger partial charge in [-0.3, -0.25) is 14.0 Å². The molecule has 0 spiro atoms. The quantitative estimate of drug-likeness (QED) is 0.745. The molecule has 0 saturated carbocycles. The smallest absolute Gasteiger partial charge is 0.272 e. The van der Waals surface area contributed by atoms with Gasteiger partial charge in [0, 0.05) is 18.8 Å². The number of carbonyl (C=O) groups is 1. The lowest BCUT2D eigenvalue weighted by Crippen LogP contribution is -2.29. The fourth-order valence-electron chi connectivity index (χ4n) is 2.20. The highest BCUT2D eigenvalue weighted by atomic mass is 16.2. The van der Waals surface area contributed by atoms with Gasteiger partial charge in [-0.1, -0.05) is 13.0 Å². The molecule has 1 amide bonds. The second-order valence-corrected chi connectivity index (χ2v) is 5.01. The zero-order valence-electron chi connectivity index (χ0n) is 12.6. The Kier molecular flexibility index (Phi) is 4.13. The maximum absolute atomic E-state index is 12.2. The molecular weight excluding hydrogens is 296 g/mol. The van der Waals surface area contributed by atoms with Crippen molar-refractivity contribution >= 4 is 11.6 Å². The van der Waals surface area contributed by atoms with Gasteiger partial charge in [0.1, 0.15) is 5.69 Å². The molecule has 0 atom stereocenters. The summed E-state index contributed by atoms with van der Waals surface area (Å²) in [5.74, 6) is 0.262. The Hall–Kier alpha value is -3.03. The number of hydrogen-bond donors (Lipinski definition) is 1. The van der Waals surface area contributed by atoms with Gasteiger partial charge in [0.05, 0.1) is 6.54 Å². The molecule has 0 aliphatic rings. The molecule has 0 saturated heterocycles. The standard InChI is InChI=1S/C15H16N6O2/c1-2-8-21-14(22)7-6-11(19-21)15(23)16-10-13-18-17-12-5-3-4-9-20(12)13/h3-7,9H,2,8,10H2,1H3,(H,16,23). The Morgan fingerprint density at radius 3 is 2.91 bits per heavy atom. The summed E-state index contributed by atoms with van der Waals surface area (Å²) in [5.41, 5.74) is 0.699. The average Bonchev–Trinajstić information content (AvgIpc) is 2.98. The van der Waals surface area contributed by atoms with Gasteiger partial charge in [-0.15, -0.1) is 10.2 Å². The molecule has 8 heteroatoms. The number of carbonyl (C=O) groups excluding carboxylic acids is 1. The summed E-state index contributed by atoms with van der Waals surface area (Å²) in [6.45, 7) is 2.64. The molecule has 0 aromatic carbocycles. The molecule has 3 heterocycles. The van der Waals surface area contributed by atoms with E-state index in [1.54, 1.807) is 4.40 Å². The summed E-state index contributed by atoms with van der Waals surface area (Å²) < 4.78 is 3.09. The van der Waals surface area contributed by atoms with Crippen LogP contribution in [-0.2, 0) is 13.1 Å². The molecule has 0 fully saturated rings. The number of hydrogen-bond acceptors (Lipinski definition) is 5. The van der Waals surface area contributed by atoms with Crippen LogP contribution in [0.15, 0.2) is 41.3 Å². The van der Waals surface area contributed by atoms with Crippen molar-refractivity contribution in [3.05, 3.63) is 58.4 Å². The number of rotatable bonds is 5. The molecule has 23 heavy (non-hydrogen) atoms. The molecule has 0 bridgehead atoms. The van der Waals surface area contributed by atoms with E-state index < -0.39 is 0 Å². The van der Waals surface area contributed by atoms with Gasteiger partial charge >= 0.3 is 0 Å². The van der Waals surface area contributed by atoms with Crippen LogP contribution < -0.4 is 10.9 Å². The van der Waals surface area contributed by atoms with Crippen LogP contribution in [0.5, 0.6) is 0 Å². The molecule has 118 valence electrons. The molecule has 1 N–H and O–H groups in total. The highest BCUT2D eigenvalue weighted by Gasteiger charge is 2.11. The van der Waals surface area contributed by atoms with Crippen molar-refractivity contribution in [2.24, 2.45) is 0 Å². The largest absolute Gasteiger partial charge is 0.343 e. The molecular formula is C15H16N6O2. The molecule has 0 radical (unpaired) electrons. The highest BCUT2D eigenvalue weighted by Crippen LogP contribution is 2.02. The minimum Gasteiger partial charge on any atom is -0.343 e. The van der Waals surface area contributed by atoms with Crippen molar-refractivity contribution in [1.29, 1.82) is 0 Å². The second kappa shape index (κ2) is 6.39. The van der Waals surface area contributed by atoms with E-state index >= 15 is 0 Å². The van der Waals surface area contributed by atoms with Crippen molar-refractivity contribution in [2.45, 2.75) is 26.4 Å². The molecule has 3 aromatic heterocycles. The molecule has 8 nitrogen and oxygen atoms in total. The Bertz CT molecular complexity index is 898. The van der Waals surface area contributed by atoms with Crippen LogP contribution in [-0.4, -0.2) is 30.3 Å². The van der Waals surface area contributed by atoms with E-state index in [0.717, 1.165) is 6.42 Å². The molecule has 0 aliphatic heterocycles. The van der Waals surface area contributed by atoms with Crippen molar-refractivity contribution in [2.75, 3.05) is 0 Å². The zero-order valence-corrected chi connectivity index (χ0v) is 12.6. The third kappa shape index (κ3) is 3.10. The highest BCUT2D eigenvalue weighted by molar-refractivity contribution is 5.91. The Morgan fingerprint density at radius 1 is 1.22 bits per heavy atom. The average molecular weight is 312 g/mol. The number of nitrogens with zero attached hydrogens (tertiary/aromatic N) is 5. The van der Waals surface area contributed by atoms with Gasteiger partial charge in [-0.2, -0.15) is 5.10 Å². The van der Waals surface area contributed by atoms with Crippen molar-refractivity contribution in [3.8, 4) is 0 Å². The summed E-state index contributed by atoms with van der Waals surface area (Å²) in [4.78, 5) is 23.8. The van der Waals surface area contributed by atoms with Gasteiger partial charge < -0.3 is 5.32 Å². The first-order valence-electron chi connectivity index (χ1n) is 7.34. The van der Waals surface area contributed by atoms with E-state index in [9.17, 15) is 9.59 Å². The van der Waals surface area contributed by atoms with Gasteiger partial charge in [0.25, 0.3) is 11.5 Å². The zero-order chi connectivity index (χ0) is 16.2. The third-order valence-corrected chi connectivity index (χ3v) is 3.33.